The number of benzene rings is 2. The van der Waals surface area contributed by atoms with E-state index in [9.17, 15) is 5.11 Å². The van der Waals surface area contributed by atoms with Gasteiger partial charge in [-0.05, 0) is 11.6 Å². The molecule has 0 saturated carbocycles. The molecule has 2 aromatic rings. The largest absolute Gasteiger partial charge is 0.507 e. The van der Waals surface area contributed by atoms with Crippen molar-refractivity contribution in [3.8, 4) is 17.9 Å². The van der Waals surface area contributed by atoms with Crippen LogP contribution in [0, 0.1) is 22.7 Å². The smallest absolute Gasteiger partial charge is 0.137 e. The van der Waals surface area contributed by atoms with Gasteiger partial charge in [0, 0.05) is 11.1 Å². The van der Waals surface area contributed by atoms with Crippen molar-refractivity contribution < 1.29 is 5.11 Å². The van der Waals surface area contributed by atoms with Gasteiger partial charge in [-0.3, -0.25) is 0 Å². The van der Waals surface area contributed by atoms with E-state index in [2.05, 4.69) is 0 Å². The highest BCUT2D eigenvalue weighted by molar-refractivity contribution is 5.85. The number of aromatic hydroxyl groups is 1. The highest BCUT2D eigenvalue weighted by Crippen LogP contribution is 2.23. The van der Waals surface area contributed by atoms with Crippen LogP contribution < -0.4 is 0 Å². The van der Waals surface area contributed by atoms with Gasteiger partial charge < -0.3 is 5.11 Å². The lowest BCUT2D eigenvalue weighted by atomic mass is 9.99. The summed E-state index contributed by atoms with van der Waals surface area (Å²) in [6, 6.07) is 19.9. The second kappa shape index (κ2) is 6.75. The fourth-order valence-electron chi connectivity index (χ4n) is 1.89. The van der Waals surface area contributed by atoms with E-state index in [1.807, 2.05) is 42.5 Å². The number of hydrogen-bond donors (Lipinski definition) is 1. The summed E-state index contributed by atoms with van der Waals surface area (Å²) in [6.45, 7) is 0. The Labute approximate surface area is 123 Å². The SMILES string of the molecule is N#CC(C#N)=C(/C=C/c1ccccc1O)c1ccccc1. The highest BCUT2D eigenvalue weighted by atomic mass is 16.3. The van der Waals surface area contributed by atoms with Gasteiger partial charge in [0.1, 0.15) is 23.5 Å². The maximum Gasteiger partial charge on any atom is 0.137 e. The van der Waals surface area contributed by atoms with E-state index in [1.54, 1.807) is 36.4 Å². The van der Waals surface area contributed by atoms with Gasteiger partial charge in [0.15, 0.2) is 0 Å². The molecule has 3 heteroatoms. The van der Waals surface area contributed by atoms with Crippen molar-refractivity contribution in [3.05, 3.63) is 77.4 Å². The Bertz CT molecular complexity index is 759. The molecule has 0 aliphatic rings. The van der Waals surface area contributed by atoms with E-state index in [4.69, 9.17) is 10.5 Å². The maximum absolute atomic E-state index is 9.75. The van der Waals surface area contributed by atoms with Crippen LogP contribution in [0.4, 0.5) is 0 Å². The monoisotopic (exact) mass is 272 g/mol. The fraction of sp³-hybridized carbons (Fsp3) is 0. The first kappa shape index (κ1) is 14.1. The van der Waals surface area contributed by atoms with Crippen LogP contribution in [0.3, 0.4) is 0 Å². The summed E-state index contributed by atoms with van der Waals surface area (Å²) in [6.07, 6.45) is 3.36. The van der Waals surface area contributed by atoms with Gasteiger partial charge in [0.05, 0.1) is 0 Å². The van der Waals surface area contributed by atoms with Gasteiger partial charge in [-0.1, -0.05) is 60.7 Å². The molecule has 0 aliphatic heterocycles. The second-order valence-electron chi connectivity index (χ2n) is 4.27. The predicted octanol–water partition coefficient (Wildman–Crippen LogP) is 3.91. The van der Waals surface area contributed by atoms with Gasteiger partial charge in [0.25, 0.3) is 0 Å². The minimum absolute atomic E-state index is 0.0351. The Morgan fingerprint density at radius 3 is 2.14 bits per heavy atom. The first-order valence-electron chi connectivity index (χ1n) is 6.32. The summed E-state index contributed by atoms with van der Waals surface area (Å²) in [4.78, 5) is 0. The van der Waals surface area contributed by atoms with Crippen LogP contribution in [-0.4, -0.2) is 5.11 Å². The summed E-state index contributed by atoms with van der Waals surface area (Å²) in [5, 5.41) is 27.9. The third-order valence-electron chi connectivity index (χ3n) is 2.94. The predicted molar refractivity (Wildman–Crippen MR) is 81.7 cm³/mol. The molecule has 100 valence electrons. The molecule has 2 aromatic carbocycles. The first-order chi connectivity index (χ1) is 10.3. The van der Waals surface area contributed by atoms with E-state index in [1.165, 1.54) is 0 Å². The summed E-state index contributed by atoms with van der Waals surface area (Å²) in [5.74, 6) is 0.150. The zero-order chi connectivity index (χ0) is 15.1. The Morgan fingerprint density at radius 1 is 0.905 bits per heavy atom. The molecular formula is C18H12N2O. The standard InChI is InChI=1S/C18H12N2O/c19-12-16(13-20)17(14-6-2-1-3-7-14)11-10-15-8-4-5-9-18(15)21/h1-11,21H/b11-10+. The van der Waals surface area contributed by atoms with Crippen LogP contribution in [0.25, 0.3) is 11.6 Å². The highest BCUT2D eigenvalue weighted by Gasteiger charge is 2.06. The number of phenols is 1. The molecule has 0 aliphatic carbocycles. The zero-order valence-corrected chi connectivity index (χ0v) is 11.2. The van der Waals surface area contributed by atoms with Crippen LogP contribution in [0.5, 0.6) is 5.75 Å². The van der Waals surface area contributed by atoms with Crippen molar-refractivity contribution in [1.82, 2.24) is 0 Å². The van der Waals surface area contributed by atoms with E-state index in [-0.39, 0.29) is 11.3 Å². The molecule has 0 saturated heterocycles. The molecule has 0 amide bonds. The summed E-state index contributed by atoms with van der Waals surface area (Å²) in [7, 11) is 0. The topological polar surface area (TPSA) is 67.8 Å². The van der Waals surface area contributed by atoms with Crippen molar-refractivity contribution >= 4 is 11.6 Å². The quantitative estimate of drug-likeness (QED) is 0.680. The Morgan fingerprint density at radius 2 is 1.52 bits per heavy atom. The lowest BCUT2D eigenvalue weighted by Gasteiger charge is -2.03. The third-order valence-corrected chi connectivity index (χ3v) is 2.94. The molecule has 0 fully saturated rings. The van der Waals surface area contributed by atoms with Crippen LogP contribution in [0.2, 0.25) is 0 Å². The molecule has 21 heavy (non-hydrogen) atoms. The van der Waals surface area contributed by atoms with Crippen LogP contribution >= 0.6 is 0 Å². The number of para-hydroxylation sites is 1. The molecule has 0 bridgehead atoms. The van der Waals surface area contributed by atoms with Crippen molar-refractivity contribution in [2.24, 2.45) is 0 Å². The molecule has 0 unspecified atom stereocenters. The maximum atomic E-state index is 9.75. The fourth-order valence-corrected chi connectivity index (χ4v) is 1.89. The lowest BCUT2D eigenvalue weighted by molar-refractivity contribution is 0.474. The van der Waals surface area contributed by atoms with Gasteiger partial charge in [-0.15, -0.1) is 0 Å². The van der Waals surface area contributed by atoms with E-state index in [0.717, 1.165) is 5.56 Å². The average Bonchev–Trinajstić information content (AvgIpc) is 2.54. The molecular weight excluding hydrogens is 260 g/mol. The van der Waals surface area contributed by atoms with Gasteiger partial charge in [-0.25, -0.2) is 0 Å². The van der Waals surface area contributed by atoms with Crippen LogP contribution in [0.15, 0.2) is 66.2 Å². The molecule has 0 aromatic heterocycles. The molecule has 1 N–H and O–H groups in total. The van der Waals surface area contributed by atoms with Crippen LogP contribution in [-0.2, 0) is 0 Å². The van der Waals surface area contributed by atoms with Crippen molar-refractivity contribution in [2.75, 3.05) is 0 Å². The molecule has 0 radical (unpaired) electrons. The third kappa shape index (κ3) is 3.37. The Kier molecular flexibility index (Phi) is 4.54. The van der Waals surface area contributed by atoms with Crippen molar-refractivity contribution in [3.63, 3.8) is 0 Å². The lowest BCUT2D eigenvalue weighted by Crippen LogP contribution is -1.86. The minimum atomic E-state index is 0.0351. The second-order valence-corrected chi connectivity index (χ2v) is 4.27. The molecule has 0 spiro atoms. The Balaban J connectivity index is 2.50. The van der Waals surface area contributed by atoms with Crippen LogP contribution in [0.1, 0.15) is 11.1 Å². The average molecular weight is 272 g/mol. The normalized spacial score (nSPS) is 9.81. The number of hydrogen-bond acceptors (Lipinski definition) is 3. The number of allylic oxidation sites excluding steroid dienone is 3. The number of nitriles is 2. The van der Waals surface area contributed by atoms with E-state index < -0.39 is 0 Å². The number of rotatable bonds is 3. The Hall–Kier alpha value is -3.30. The van der Waals surface area contributed by atoms with Gasteiger partial charge >= 0.3 is 0 Å². The zero-order valence-electron chi connectivity index (χ0n) is 11.2. The van der Waals surface area contributed by atoms with E-state index >= 15 is 0 Å². The first-order valence-corrected chi connectivity index (χ1v) is 6.32. The van der Waals surface area contributed by atoms with Gasteiger partial charge in [-0.2, -0.15) is 10.5 Å². The van der Waals surface area contributed by atoms with Crippen molar-refractivity contribution in [1.29, 1.82) is 10.5 Å². The number of phenolic OH excluding ortho intramolecular Hbond substituents is 1. The molecule has 2 rings (SSSR count). The molecule has 0 heterocycles. The summed E-state index contributed by atoms with van der Waals surface area (Å²) >= 11 is 0. The van der Waals surface area contributed by atoms with Gasteiger partial charge in [0.2, 0.25) is 0 Å². The molecule has 3 nitrogen and oxygen atoms in total. The summed E-state index contributed by atoms with van der Waals surface area (Å²) < 4.78 is 0. The minimum Gasteiger partial charge on any atom is -0.507 e. The van der Waals surface area contributed by atoms with Crippen molar-refractivity contribution in [2.45, 2.75) is 0 Å². The van der Waals surface area contributed by atoms with E-state index in [0.29, 0.717) is 11.1 Å². The number of nitrogens with zero attached hydrogens (tertiary/aromatic N) is 2. The molecule has 0 atom stereocenters. The summed E-state index contributed by atoms with van der Waals surface area (Å²) in [5.41, 5.74) is 1.97.